The molecule has 0 atom stereocenters. The van der Waals surface area contributed by atoms with E-state index >= 15 is 0 Å². The van der Waals surface area contributed by atoms with Crippen molar-refractivity contribution in [1.82, 2.24) is 14.1 Å². The zero-order chi connectivity index (χ0) is 51.1. The van der Waals surface area contributed by atoms with E-state index in [9.17, 15) is 0 Å². The third-order valence-corrected chi connectivity index (χ3v) is 14.8. The van der Waals surface area contributed by atoms with Crippen LogP contribution in [0.4, 0.5) is 0 Å². The summed E-state index contributed by atoms with van der Waals surface area (Å²) < 4.78 is 14.2. The lowest BCUT2D eigenvalue weighted by molar-refractivity contribution is -0.611. The van der Waals surface area contributed by atoms with Crippen molar-refractivity contribution >= 4 is 21.8 Å². The summed E-state index contributed by atoms with van der Waals surface area (Å²) in [6.07, 6.45) is 8.10. The average molecular weight is 939 g/mol. The van der Waals surface area contributed by atoms with Crippen LogP contribution in [0.5, 0.6) is 11.5 Å². The molecule has 0 saturated carbocycles. The molecule has 71 heavy (non-hydrogen) atoms. The van der Waals surface area contributed by atoms with Crippen molar-refractivity contribution in [3.05, 3.63) is 209 Å². The van der Waals surface area contributed by atoms with E-state index in [1.54, 1.807) is 0 Å². The number of ether oxygens (including phenoxy) is 1. The third-order valence-electron chi connectivity index (χ3n) is 14.8. The molecule has 0 aliphatic rings. The molecule has 364 valence electrons. The number of rotatable bonds is 9. The van der Waals surface area contributed by atoms with Crippen LogP contribution in [-0.4, -0.2) is 14.1 Å². The number of hydrogen-bond donors (Lipinski definition) is 0. The van der Waals surface area contributed by atoms with Gasteiger partial charge in [0.05, 0.1) is 28.1 Å². The summed E-state index contributed by atoms with van der Waals surface area (Å²) in [6, 6.07) is 53.1. The van der Waals surface area contributed by atoms with Gasteiger partial charge in [0.2, 0.25) is 0 Å². The molecule has 0 saturated heterocycles. The van der Waals surface area contributed by atoms with Crippen LogP contribution >= 0.6 is 0 Å². The summed E-state index contributed by atoms with van der Waals surface area (Å²) in [7, 11) is 0. The van der Waals surface area contributed by atoms with Crippen molar-refractivity contribution in [3.8, 4) is 28.7 Å². The Kier molecular flexibility index (Phi) is 12.2. The van der Waals surface area contributed by atoms with Crippen molar-refractivity contribution in [2.24, 2.45) is 0 Å². The fourth-order valence-electron chi connectivity index (χ4n) is 10.0. The topological polar surface area (TPSA) is 35.9 Å². The first kappa shape index (κ1) is 49.3. The van der Waals surface area contributed by atoms with Crippen molar-refractivity contribution in [2.75, 3.05) is 0 Å². The molecule has 0 amide bonds. The summed E-state index contributed by atoms with van der Waals surface area (Å²) in [4.78, 5) is 5.07. The Bertz CT molecular complexity index is 3380. The number of nitrogens with zero attached hydrogens (tertiary/aromatic N) is 4. The van der Waals surface area contributed by atoms with Gasteiger partial charge >= 0.3 is 0 Å². The second-order valence-electron chi connectivity index (χ2n) is 25.0. The van der Waals surface area contributed by atoms with E-state index in [0.717, 1.165) is 51.0 Å². The molecule has 6 aromatic carbocycles. The minimum absolute atomic E-state index is 0.0366. The molecule has 5 heteroatoms. The molecule has 0 aliphatic heterocycles. The molecule has 0 fully saturated rings. The van der Waals surface area contributed by atoms with Gasteiger partial charge in [-0.05, 0) is 115 Å². The van der Waals surface area contributed by atoms with Gasteiger partial charge in [0.1, 0.15) is 17.3 Å². The normalized spacial score (nSPS) is 13.1. The summed E-state index contributed by atoms with van der Waals surface area (Å²) in [5.41, 5.74) is 12.9. The molecule has 3 aromatic heterocycles. The summed E-state index contributed by atoms with van der Waals surface area (Å²) in [5.74, 6) is 2.38. The number of benzene rings is 6. The van der Waals surface area contributed by atoms with Gasteiger partial charge in [0.15, 0.2) is 0 Å². The Hall–Kier alpha value is -6.72. The van der Waals surface area contributed by atoms with Crippen LogP contribution in [0.15, 0.2) is 158 Å². The first-order valence-electron chi connectivity index (χ1n) is 25.4. The quantitative estimate of drug-likeness (QED) is 0.107. The lowest BCUT2D eigenvalue weighted by Gasteiger charge is -2.29. The zero-order valence-electron chi connectivity index (χ0n) is 45.2. The highest BCUT2D eigenvalue weighted by molar-refractivity contribution is 6.11. The van der Waals surface area contributed by atoms with E-state index < -0.39 is 5.41 Å². The summed E-state index contributed by atoms with van der Waals surface area (Å²) in [5, 5.41) is 2.37. The largest absolute Gasteiger partial charge is 0.458 e. The lowest BCUT2D eigenvalue weighted by Crippen LogP contribution is -2.39. The Morgan fingerprint density at radius 3 is 1.62 bits per heavy atom. The predicted octanol–water partition coefficient (Wildman–Crippen LogP) is 16.7. The Labute approximate surface area is 424 Å². The summed E-state index contributed by atoms with van der Waals surface area (Å²) in [6.45, 7) is 36.7. The SMILES string of the molecule is CC(C)(C)c1cc(-[n+]2[c-]n(-c3cc(Oc4cc(C(C)(C)c5ccccc5)c5c6ccccc6n(-c6cc(C(C)(C)C)ccn6)c5c4)cc(C(C)(C)c4ccccc4)c3)cc2C(C)(C)C)cc(C(C)(C)C)c1. The molecule has 0 aliphatic carbocycles. The van der Waals surface area contributed by atoms with Gasteiger partial charge in [0.25, 0.3) is 6.33 Å². The number of hydrogen-bond acceptors (Lipinski definition) is 2. The predicted molar refractivity (Wildman–Crippen MR) is 297 cm³/mol. The zero-order valence-corrected chi connectivity index (χ0v) is 45.2. The van der Waals surface area contributed by atoms with Gasteiger partial charge < -0.3 is 4.74 Å². The smallest absolute Gasteiger partial charge is 0.269 e. The van der Waals surface area contributed by atoms with Gasteiger partial charge in [0, 0.05) is 40.1 Å². The number of pyridine rings is 1. The van der Waals surface area contributed by atoms with Gasteiger partial charge in [-0.1, -0.05) is 196 Å². The fourth-order valence-corrected chi connectivity index (χ4v) is 10.0. The van der Waals surface area contributed by atoms with Crippen LogP contribution in [0, 0.1) is 6.33 Å². The van der Waals surface area contributed by atoms with E-state index in [-0.39, 0.29) is 27.1 Å². The van der Waals surface area contributed by atoms with Crippen molar-refractivity contribution in [3.63, 3.8) is 0 Å². The van der Waals surface area contributed by atoms with Crippen LogP contribution in [0.1, 0.15) is 155 Å². The molecule has 3 heterocycles. The molecule has 9 rings (SSSR count). The van der Waals surface area contributed by atoms with Gasteiger partial charge in [-0.15, -0.1) is 0 Å². The second kappa shape index (κ2) is 17.5. The maximum Gasteiger partial charge on any atom is 0.269 e. The Morgan fingerprint density at radius 2 is 1.03 bits per heavy atom. The molecule has 0 bridgehead atoms. The minimum atomic E-state index is -0.398. The molecular weight excluding hydrogens is 865 g/mol. The first-order chi connectivity index (χ1) is 33.2. The molecule has 0 radical (unpaired) electrons. The van der Waals surface area contributed by atoms with E-state index in [1.165, 1.54) is 44.2 Å². The van der Waals surface area contributed by atoms with Crippen molar-refractivity contribution in [2.45, 2.75) is 143 Å². The highest BCUT2D eigenvalue weighted by atomic mass is 16.5. The highest BCUT2D eigenvalue weighted by Gasteiger charge is 2.32. The lowest BCUT2D eigenvalue weighted by atomic mass is 9.76. The van der Waals surface area contributed by atoms with Gasteiger partial charge in [-0.3, -0.25) is 13.7 Å². The van der Waals surface area contributed by atoms with Crippen LogP contribution in [0.25, 0.3) is 39.0 Å². The van der Waals surface area contributed by atoms with Crippen LogP contribution in [-0.2, 0) is 32.5 Å². The number of imidazole rings is 1. The number of fused-ring (bicyclic) bond motifs is 3. The average Bonchev–Trinajstić information content (AvgIpc) is 3.92. The maximum absolute atomic E-state index is 7.38. The van der Waals surface area contributed by atoms with E-state index in [1.807, 2.05) is 6.20 Å². The van der Waals surface area contributed by atoms with Crippen LogP contribution < -0.4 is 9.30 Å². The van der Waals surface area contributed by atoms with E-state index in [0.29, 0.717) is 0 Å². The minimum Gasteiger partial charge on any atom is -0.458 e. The standard InChI is InChI=1S/C66H74N4O/c1-61(2,3)46-31-32-67-59(38-46)70-56-30-24-23-29-54(56)60-55(66(15,16)45-27-21-18-22-28-45)40-53(41-57(60)70)71-52-37-49(65(13,14)44-25-19-17-20-26-44)36-50(39-52)68-42-58(64(10,11)12)69(43-68)51-34-47(62(4,5)6)33-48(35-51)63(7,8)9/h17-42H,1-16H3. The van der Waals surface area contributed by atoms with Crippen LogP contribution in [0.2, 0.25) is 0 Å². The number of aromatic nitrogens is 4. The number of para-hydroxylation sites is 1. The second-order valence-corrected chi connectivity index (χ2v) is 25.0. The molecule has 5 nitrogen and oxygen atoms in total. The van der Waals surface area contributed by atoms with Gasteiger partial charge in [-0.25, -0.2) is 4.98 Å². The molecule has 0 N–H and O–H groups in total. The van der Waals surface area contributed by atoms with Crippen molar-refractivity contribution < 1.29 is 9.30 Å². The highest BCUT2D eigenvalue weighted by Crippen LogP contribution is 2.45. The maximum atomic E-state index is 7.38. The van der Waals surface area contributed by atoms with Crippen molar-refractivity contribution in [1.29, 1.82) is 0 Å². The Morgan fingerprint density at radius 1 is 0.465 bits per heavy atom. The van der Waals surface area contributed by atoms with E-state index in [2.05, 4.69) is 283 Å². The van der Waals surface area contributed by atoms with Gasteiger partial charge in [-0.2, -0.15) is 0 Å². The third kappa shape index (κ3) is 9.49. The molecular formula is C66H74N4O. The Balaban J connectivity index is 1.30. The fraction of sp³-hybridized carbons (Fsp3) is 0.333. The summed E-state index contributed by atoms with van der Waals surface area (Å²) >= 11 is 0. The van der Waals surface area contributed by atoms with Crippen LogP contribution in [0.3, 0.4) is 0 Å². The molecule has 9 aromatic rings. The van der Waals surface area contributed by atoms with E-state index in [4.69, 9.17) is 9.72 Å². The molecule has 0 unspecified atom stereocenters. The monoisotopic (exact) mass is 939 g/mol. The first-order valence-corrected chi connectivity index (χ1v) is 25.4. The molecule has 0 spiro atoms.